The lowest BCUT2D eigenvalue weighted by Crippen LogP contribution is -2.23. The number of fused-ring (bicyclic) bond motifs is 2. The Morgan fingerprint density at radius 3 is 2.00 bits per heavy atom. The third-order valence-corrected chi connectivity index (χ3v) is 4.47. The Bertz CT molecular complexity index is 867. The molecule has 0 amide bonds. The molecule has 0 unspecified atom stereocenters. The van der Waals surface area contributed by atoms with Crippen LogP contribution in [0.2, 0.25) is 0 Å². The van der Waals surface area contributed by atoms with Crippen LogP contribution in [0.25, 0.3) is 0 Å². The lowest BCUT2D eigenvalue weighted by molar-refractivity contribution is -0.135. The number of ether oxygens (including phenoxy) is 2. The van der Waals surface area contributed by atoms with Crippen LogP contribution in [0.3, 0.4) is 0 Å². The topological polar surface area (TPSA) is 35.5 Å². The molecular weight excluding hydrogens is 312 g/mol. The Kier molecular flexibility index (Phi) is 3.98. The minimum Gasteiger partial charge on any atom is -0.457 e. The molecule has 0 saturated carbocycles. The van der Waals surface area contributed by atoms with Gasteiger partial charge in [0.25, 0.3) is 0 Å². The minimum absolute atomic E-state index is 0.299. The summed E-state index contributed by atoms with van der Waals surface area (Å²) < 4.78 is 11.6. The van der Waals surface area contributed by atoms with Crippen molar-refractivity contribution < 1.29 is 14.3 Å². The van der Waals surface area contributed by atoms with Crippen molar-refractivity contribution in [2.75, 3.05) is 0 Å². The average molecular weight is 330 g/mol. The van der Waals surface area contributed by atoms with Gasteiger partial charge in [-0.05, 0) is 36.2 Å². The predicted molar refractivity (Wildman–Crippen MR) is 96.3 cm³/mol. The fourth-order valence-corrected chi connectivity index (χ4v) is 3.13. The summed E-state index contributed by atoms with van der Waals surface area (Å²) in [6.07, 6.45) is 0.953. The van der Waals surface area contributed by atoms with E-state index in [-0.39, 0.29) is 5.97 Å². The zero-order valence-corrected chi connectivity index (χ0v) is 13.9. The normalized spacial score (nSPS) is 12.7. The van der Waals surface area contributed by atoms with E-state index in [1.54, 1.807) is 0 Å². The Hall–Kier alpha value is -3.07. The fourth-order valence-electron chi connectivity index (χ4n) is 3.13. The molecule has 0 aromatic heterocycles. The number of benzene rings is 3. The molecule has 0 bridgehead atoms. The van der Waals surface area contributed by atoms with Gasteiger partial charge in [0.2, 0.25) is 0 Å². The van der Waals surface area contributed by atoms with E-state index >= 15 is 0 Å². The molecule has 0 radical (unpaired) electrons. The van der Waals surface area contributed by atoms with Crippen LogP contribution in [0.4, 0.5) is 0 Å². The molecule has 0 N–H and O–H groups in total. The Balaban J connectivity index is 1.70. The molecule has 0 atom stereocenters. The second-order valence-corrected chi connectivity index (χ2v) is 6.03. The number of carbonyl (C=O) groups is 1. The maximum Gasteiger partial charge on any atom is 0.323 e. The molecule has 3 nitrogen and oxygen atoms in total. The molecular formula is C22H18O3. The highest BCUT2D eigenvalue weighted by Crippen LogP contribution is 2.44. The smallest absolute Gasteiger partial charge is 0.323 e. The summed E-state index contributed by atoms with van der Waals surface area (Å²) in [5.41, 5.74) is 2.87. The summed E-state index contributed by atoms with van der Waals surface area (Å²) in [4.78, 5) is 13.0. The third kappa shape index (κ3) is 2.89. The van der Waals surface area contributed by atoms with E-state index in [9.17, 15) is 4.79 Å². The van der Waals surface area contributed by atoms with Crippen molar-refractivity contribution in [2.45, 2.75) is 19.3 Å². The Morgan fingerprint density at radius 2 is 1.44 bits per heavy atom. The molecule has 0 saturated heterocycles. The molecule has 0 aliphatic carbocycles. The van der Waals surface area contributed by atoms with E-state index in [4.69, 9.17) is 9.47 Å². The lowest BCUT2D eigenvalue weighted by atomic mass is 9.88. The van der Waals surface area contributed by atoms with Gasteiger partial charge in [-0.3, -0.25) is 4.79 Å². The monoisotopic (exact) mass is 330 g/mol. The lowest BCUT2D eigenvalue weighted by Gasteiger charge is -2.26. The molecule has 124 valence electrons. The standard InChI is InChI=1S/C22H18O3/c1-2-15-11-13-16(14-12-15)24-22(23)21-17-7-3-5-9-19(17)25-20-10-6-4-8-18(20)21/h3-14,21H,2H2,1H3. The molecule has 0 spiro atoms. The van der Waals surface area contributed by atoms with Crippen molar-refractivity contribution >= 4 is 5.97 Å². The SMILES string of the molecule is CCc1ccc(OC(=O)C2c3ccccc3Oc3ccccc32)cc1. The number of hydrogen-bond acceptors (Lipinski definition) is 3. The zero-order chi connectivity index (χ0) is 17.2. The van der Waals surface area contributed by atoms with E-state index in [1.807, 2.05) is 72.8 Å². The van der Waals surface area contributed by atoms with Gasteiger partial charge in [-0.15, -0.1) is 0 Å². The van der Waals surface area contributed by atoms with Gasteiger partial charge < -0.3 is 9.47 Å². The van der Waals surface area contributed by atoms with Crippen LogP contribution < -0.4 is 9.47 Å². The molecule has 0 fully saturated rings. The maximum atomic E-state index is 13.0. The molecule has 1 heterocycles. The molecule has 1 aliphatic rings. The van der Waals surface area contributed by atoms with Crippen molar-refractivity contribution in [2.24, 2.45) is 0 Å². The van der Waals surface area contributed by atoms with Gasteiger partial charge in [0, 0.05) is 11.1 Å². The quantitative estimate of drug-likeness (QED) is 0.495. The molecule has 25 heavy (non-hydrogen) atoms. The first-order valence-electron chi connectivity index (χ1n) is 8.42. The number of esters is 1. The van der Waals surface area contributed by atoms with Crippen molar-refractivity contribution in [3.8, 4) is 17.2 Å². The summed E-state index contributed by atoms with van der Waals surface area (Å²) in [5, 5.41) is 0. The van der Waals surface area contributed by atoms with Crippen molar-refractivity contribution in [1.82, 2.24) is 0 Å². The third-order valence-electron chi connectivity index (χ3n) is 4.47. The summed E-state index contributed by atoms with van der Waals surface area (Å²) in [6.45, 7) is 2.09. The van der Waals surface area contributed by atoms with Crippen LogP contribution in [-0.2, 0) is 11.2 Å². The van der Waals surface area contributed by atoms with Crippen molar-refractivity contribution in [3.63, 3.8) is 0 Å². The summed E-state index contributed by atoms with van der Waals surface area (Å²) in [6, 6.07) is 22.8. The first-order valence-corrected chi connectivity index (χ1v) is 8.42. The van der Waals surface area contributed by atoms with Gasteiger partial charge in [0.1, 0.15) is 23.2 Å². The average Bonchev–Trinajstić information content (AvgIpc) is 2.66. The van der Waals surface area contributed by atoms with E-state index < -0.39 is 5.92 Å². The largest absolute Gasteiger partial charge is 0.457 e. The van der Waals surface area contributed by atoms with Gasteiger partial charge >= 0.3 is 5.97 Å². The second kappa shape index (κ2) is 6.44. The van der Waals surface area contributed by atoms with Gasteiger partial charge in [-0.2, -0.15) is 0 Å². The van der Waals surface area contributed by atoms with Crippen LogP contribution in [0.1, 0.15) is 29.5 Å². The van der Waals surface area contributed by atoms with Gasteiger partial charge in [0.15, 0.2) is 0 Å². The molecule has 3 heteroatoms. The Labute approximate surface area is 146 Å². The van der Waals surface area contributed by atoms with Gasteiger partial charge in [-0.1, -0.05) is 55.5 Å². The highest BCUT2D eigenvalue weighted by Gasteiger charge is 2.33. The van der Waals surface area contributed by atoms with E-state index in [0.29, 0.717) is 17.2 Å². The number of hydrogen-bond donors (Lipinski definition) is 0. The predicted octanol–water partition coefficient (Wildman–Crippen LogP) is 5.09. The highest BCUT2D eigenvalue weighted by molar-refractivity contribution is 5.87. The van der Waals surface area contributed by atoms with Gasteiger partial charge in [0.05, 0.1) is 0 Å². The van der Waals surface area contributed by atoms with Crippen molar-refractivity contribution in [1.29, 1.82) is 0 Å². The summed E-state index contributed by atoms with van der Waals surface area (Å²) in [5.74, 6) is 1.16. The van der Waals surface area contributed by atoms with Crippen LogP contribution in [0.5, 0.6) is 17.2 Å². The van der Waals surface area contributed by atoms with E-state index in [2.05, 4.69) is 6.92 Å². The number of carbonyl (C=O) groups excluding carboxylic acids is 1. The first-order chi connectivity index (χ1) is 12.3. The van der Waals surface area contributed by atoms with Crippen LogP contribution in [-0.4, -0.2) is 5.97 Å². The first kappa shape index (κ1) is 15.5. The zero-order valence-electron chi connectivity index (χ0n) is 13.9. The van der Waals surface area contributed by atoms with E-state index in [1.165, 1.54) is 5.56 Å². The van der Waals surface area contributed by atoms with Crippen LogP contribution in [0, 0.1) is 0 Å². The Morgan fingerprint density at radius 1 is 0.880 bits per heavy atom. The summed E-state index contributed by atoms with van der Waals surface area (Å²) >= 11 is 0. The number of para-hydroxylation sites is 2. The van der Waals surface area contributed by atoms with Gasteiger partial charge in [-0.25, -0.2) is 0 Å². The highest BCUT2D eigenvalue weighted by atomic mass is 16.5. The summed E-state index contributed by atoms with van der Waals surface area (Å²) in [7, 11) is 0. The minimum atomic E-state index is -0.494. The molecule has 1 aliphatic heterocycles. The number of rotatable bonds is 3. The molecule has 3 aromatic rings. The maximum absolute atomic E-state index is 13.0. The molecule has 4 rings (SSSR count). The van der Waals surface area contributed by atoms with Crippen molar-refractivity contribution in [3.05, 3.63) is 89.5 Å². The fraction of sp³-hybridized carbons (Fsp3) is 0.136. The van der Waals surface area contributed by atoms with E-state index in [0.717, 1.165) is 17.5 Å². The van der Waals surface area contributed by atoms with Crippen LogP contribution in [0.15, 0.2) is 72.8 Å². The number of aryl methyl sites for hydroxylation is 1. The van der Waals surface area contributed by atoms with Crippen LogP contribution >= 0.6 is 0 Å². The molecule has 3 aromatic carbocycles. The second-order valence-electron chi connectivity index (χ2n) is 6.03.